The van der Waals surface area contributed by atoms with Crippen LogP contribution in [0.15, 0.2) is 60.7 Å². The summed E-state index contributed by atoms with van der Waals surface area (Å²) >= 11 is 12.5. The number of carboxylic acid groups (broad SMARTS) is 2. The summed E-state index contributed by atoms with van der Waals surface area (Å²) in [4.78, 5) is 22.1. The maximum Gasteiger partial charge on any atom is 0.337 e. The first-order valence-corrected chi connectivity index (χ1v) is 12.9. The highest BCUT2D eigenvalue weighted by atomic mass is 35.5. The molecule has 11 heteroatoms. The van der Waals surface area contributed by atoms with Crippen LogP contribution < -0.4 is 14.8 Å². The van der Waals surface area contributed by atoms with Gasteiger partial charge in [-0.05, 0) is 54.4 Å². The molecule has 2 atom stereocenters. The van der Waals surface area contributed by atoms with Gasteiger partial charge in [-0.15, -0.1) is 0 Å². The Bertz CT molecular complexity index is 1290. The fraction of sp³-hybridized carbons (Fsp3) is 0.286. The number of aryl methyl sites for hydroxylation is 1. The van der Waals surface area contributed by atoms with Crippen molar-refractivity contribution in [2.24, 2.45) is 0 Å². The Morgan fingerprint density at radius 1 is 0.821 bits per heavy atom. The van der Waals surface area contributed by atoms with Crippen LogP contribution in [0, 0.1) is 0 Å². The van der Waals surface area contributed by atoms with Gasteiger partial charge in [-0.25, -0.2) is 4.79 Å². The molecule has 0 saturated carbocycles. The number of rotatable bonds is 15. The molecular weight excluding hydrogens is 549 g/mol. The van der Waals surface area contributed by atoms with Gasteiger partial charge in [0.2, 0.25) is 0 Å². The van der Waals surface area contributed by atoms with Crippen LogP contribution in [0.4, 0.5) is 11.4 Å². The molecule has 0 aliphatic carbocycles. The molecule has 208 valence electrons. The molecule has 0 fully saturated rings. The van der Waals surface area contributed by atoms with Crippen LogP contribution in [0.1, 0.15) is 35.2 Å². The molecule has 0 aromatic heterocycles. The third kappa shape index (κ3) is 9.33. The van der Waals surface area contributed by atoms with E-state index in [0.717, 1.165) is 5.56 Å². The summed E-state index contributed by atoms with van der Waals surface area (Å²) in [5, 5.41) is 42.3. The first-order valence-electron chi connectivity index (χ1n) is 12.1. The minimum absolute atomic E-state index is 0.00265. The summed E-state index contributed by atoms with van der Waals surface area (Å²) < 4.78 is 11.2. The average Bonchev–Trinajstić information content (AvgIpc) is 2.89. The van der Waals surface area contributed by atoms with E-state index in [1.165, 1.54) is 6.07 Å². The lowest BCUT2D eigenvalue weighted by molar-refractivity contribution is -0.136. The topological polar surface area (TPSA) is 146 Å². The van der Waals surface area contributed by atoms with E-state index in [1.807, 2.05) is 0 Å². The molecule has 9 nitrogen and oxygen atoms in total. The Balaban J connectivity index is 1.42. The van der Waals surface area contributed by atoms with Crippen molar-refractivity contribution in [2.75, 3.05) is 18.5 Å². The highest BCUT2D eigenvalue weighted by molar-refractivity contribution is 6.32. The minimum atomic E-state index is -1.06. The van der Waals surface area contributed by atoms with Crippen LogP contribution in [0.2, 0.25) is 10.0 Å². The Kier molecular flexibility index (Phi) is 11.2. The van der Waals surface area contributed by atoms with Crippen LogP contribution in [-0.4, -0.2) is 57.8 Å². The third-order valence-corrected chi connectivity index (χ3v) is 6.37. The van der Waals surface area contributed by atoms with Crippen molar-refractivity contribution in [3.05, 3.63) is 81.8 Å². The van der Waals surface area contributed by atoms with Gasteiger partial charge in [0.25, 0.3) is 0 Å². The van der Waals surface area contributed by atoms with Crippen LogP contribution in [0.5, 0.6) is 11.5 Å². The number of aromatic carboxylic acids is 1. The second kappa shape index (κ2) is 14.6. The zero-order chi connectivity index (χ0) is 28.4. The number of hydrogen-bond acceptors (Lipinski definition) is 7. The summed E-state index contributed by atoms with van der Waals surface area (Å²) in [5.74, 6) is -1.16. The number of halogens is 2. The van der Waals surface area contributed by atoms with Crippen LogP contribution >= 0.6 is 23.2 Å². The van der Waals surface area contributed by atoms with Gasteiger partial charge in [-0.3, -0.25) is 4.79 Å². The Morgan fingerprint density at radius 2 is 1.41 bits per heavy atom. The van der Waals surface area contributed by atoms with E-state index >= 15 is 0 Å². The van der Waals surface area contributed by atoms with E-state index in [-0.39, 0.29) is 38.0 Å². The molecule has 0 heterocycles. The Hall–Kier alpha value is -3.50. The molecule has 0 amide bonds. The van der Waals surface area contributed by atoms with Crippen molar-refractivity contribution >= 4 is 46.5 Å². The van der Waals surface area contributed by atoms with Gasteiger partial charge in [0.1, 0.15) is 11.5 Å². The molecule has 2 unspecified atom stereocenters. The number of benzene rings is 3. The van der Waals surface area contributed by atoms with Gasteiger partial charge in [0.05, 0.1) is 46.7 Å². The van der Waals surface area contributed by atoms with Gasteiger partial charge in [0, 0.05) is 24.9 Å². The van der Waals surface area contributed by atoms with Crippen LogP contribution in [0.3, 0.4) is 0 Å². The van der Waals surface area contributed by atoms with Gasteiger partial charge in [-0.1, -0.05) is 41.4 Å². The zero-order valence-corrected chi connectivity index (χ0v) is 22.4. The molecular formula is C28H29Cl2NO8. The number of carbonyl (C=O) groups is 2. The minimum Gasteiger partial charge on any atom is -0.492 e. The normalized spacial score (nSPS) is 12.4. The first-order chi connectivity index (χ1) is 18.6. The van der Waals surface area contributed by atoms with E-state index in [1.54, 1.807) is 54.6 Å². The fourth-order valence-electron chi connectivity index (χ4n) is 3.66. The number of aliphatic hydroxyl groups excluding tert-OH is 2. The summed E-state index contributed by atoms with van der Waals surface area (Å²) in [6, 6.07) is 16.4. The lowest BCUT2D eigenvalue weighted by Gasteiger charge is -2.19. The number of carboxylic acids is 2. The SMILES string of the molecule is O=C(O)CCc1ccc(OCCC(O)C(O)CCOc2ccc(Nc3ccccc3C(=O)O)cc2Cl)c(Cl)c1. The molecule has 3 aromatic carbocycles. The number of aliphatic hydroxyl groups is 2. The number of nitrogens with one attached hydrogen (secondary N) is 1. The fourth-order valence-corrected chi connectivity index (χ4v) is 4.15. The van der Waals surface area contributed by atoms with E-state index in [2.05, 4.69) is 5.32 Å². The van der Waals surface area contributed by atoms with Crippen molar-refractivity contribution in [1.82, 2.24) is 0 Å². The lowest BCUT2D eigenvalue weighted by Crippen LogP contribution is -2.29. The van der Waals surface area contributed by atoms with Crippen molar-refractivity contribution in [3.63, 3.8) is 0 Å². The average molecular weight is 578 g/mol. The molecule has 0 bridgehead atoms. The standard InChI is InChI=1S/C28H29Cl2NO8/c29-20-15-17(6-10-27(34)35)5-8-25(20)38-13-11-23(32)24(33)12-14-39-26-9-7-18(16-21(26)30)31-22-4-2-1-3-19(22)28(36)37/h1-5,7-9,15-16,23-24,31-33H,6,10-14H2,(H,34,35)(H,36,37). The molecule has 5 N–H and O–H groups in total. The van der Waals surface area contributed by atoms with Crippen molar-refractivity contribution < 1.29 is 39.5 Å². The van der Waals surface area contributed by atoms with Crippen molar-refractivity contribution in [1.29, 1.82) is 0 Å². The summed E-state index contributed by atoms with van der Waals surface area (Å²) in [6.45, 7) is 0.204. The van der Waals surface area contributed by atoms with Gasteiger partial charge in [0.15, 0.2) is 0 Å². The molecule has 3 rings (SSSR count). The van der Waals surface area contributed by atoms with Crippen LogP contribution in [0.25, 0.3) is 0 Å². The first kappa shape index (κ1) is 30.0. The van der Waals surface area contributed by atoms with Crippen molar-refractivity contribution in [2.45, 2.75) is 37.9 Å². The van der Waals surface area contributed by atoms with E-state index in [9.17, 15) is 24.9 Å². The van der Waals surface area contributed by atoms with E-state index in [4.69, 9.17) is 37.8 Å². The quantitative estimate of drug-likeness (QED) is 0.160. The number of anilines is 2. The number of aliphatic carboxylic acids is 1. The monoisotopic (exact) mass is 577 g/mol. The second-order valence-corrected chi connectivity index (χ2v) is 9.50. The van der Waals surface area contributed by atoms with Gasteiger partial charge >= 0.3 is 11.9 Å². The lowest BCUT2D eigenvalue weighted by atomic mass is 10.1. The van der Waals surface area contributed by atoms with Crippen LogP contribution in [-0.2, 0) is 11.2 Å². The second-order valence-electron chi connectivity index (χ2n) is 8.69. The van der Waals surface area contributed by atoms with Crippen molar-refractivity contribution in [3.8, 4) is 11.5 Å². The highest BCUT2D eigenvalue weighted by Crippen LogP contribution is 2.30. The molecule has 39 heavy (non-hydrogen) atoms. The van der Waals surface area contributed by atoms with E-state index in [0.29, 0.717) is 39.3 Å². The smallest absolute Gasteiger partial charge is 0.337 e. The summed E-state index contributed by atoms with van der Waals surface area (Å²) in [7, 11) is 0. The predicted molar refractivity (Wildman–Crippen MR) is 148 cm³/mol. The number of ether oxygens (including phenoxy) is 2. The summed E-state index contributed by atoms with van der Waals surface area (Å²) in [6.07, 6.45) is -1.47. The van der Waals surface area contributed by atoms with E-state index < -0.39 is 24.1 Å². The zero-order valence-electron chi connectivity index (χ0n) is 20.8. The number of hydrogen-bond donors (Lipinski definition) is 5. The molecule has 0 spiro atoms. The Morgan fingerprint density at radius 3 is 1.97 bits per heavy atom. The number of para-hydroxylation sites is 1. The maximum atomic E-state index is 11.4. The van der Waals surface area contributed by atoms with Gasteiger partial charge in [-0.2, -0.15) is 0 Å². The molecule has 3 aromatic rings. The molecule has 0 aliphatic heterocycles. The predicted octanol–water partition coefficient (Wildman–Crippen LogP) is 5.41. The Labute approximate surface area is 235 Å². The van der Waals surface area contributed by atoms with Gasteiger partial charge < -0.3 is 35.2 Å². The molecule has 0 aliphatic rings. The largest absolute Gasteiger partial charge is 0.492 e. The highest BCUT2D eigenvalue weighted by Gasteiger charge is 2.17. The summed E-state index contributed by atoms with van der Waals surface area (Å²) in [5.41, 5.74) is 1.90. The maximum absolute atomic E-state index is 11.4. The molecule has 0 saturated heterocycles. The third-order valence-electron chi connectivity index (χ3n) is 5.78. The molecule has 0 radical (unpaired) electrons.